The van der Waals surface area contributed by atoms with Gasteiger partial charge < -0.3 is 35.5 Å². The third kappa shape index (κ3) is 6.82. The van der Waals surface area contributed by atoms with Gasteiger partial charge in [-0.05, 0) is 23.8 Å². The smallest absolute Gasteiger partial charge is 0.459 e. The van der Waals surface area contributed by atoms with E-state index in [1.54, 1.807) is 18.3 Å². The molecule has 3 heterocycles. The average Bonchev–Trinajstić information content (AvgIpc) is 3.51. The maximum Gasteiger partial charge on any atom is 0.459 e. The summed E-state index contributed by atoms with van der Waals surface area (Å²) in [6, 6.07) is 10.0. The number of nitrogens with one attached hydrogen (secondary N) is 3. The highest BCUT2D eigenvalue weighted by atomic mass is 31.2. The quantitative estimate of drug-likeness (QED) is 0.113. The van der Waals surface area contributed by atoms with Gasteiger partial charge >= 0.3 is 13.7 Å². The normalized spacial score (nSPS) is 22.8. The molecule has 1 saturated heterocycles. The largest absolute Gasteiger partial charge is 0.464 e. The molecule has 0 amide bonds. The number of carbonyl (C=O) groups excluding carboxylic acids is 1. The van der Waals surface area contributed by atoms with Gasteiger partial charge in [-0.1, -0.05) is 57.2 Å². The number of rotatable bonds is 10. The lowest BCUT2D eigenvalue weighted by Gasteiger charge is -2.26. The lowest BCUT2D eigenvalue weighted by atomic mass is 9.99. The van der Waals surface area contributed by atoms with Crippen LogP contribution < -0.4 is 20.7 Å². The third-order valence-corrected chi connectivity index (χ3v) is 8.73. The van der Waals surface area contributed by atoms with Gasteiger partial charge in [-0.2, -0.15) is 5.09 Å². The summed E-state index contributed by atoms with van der Waals surface area (Å²) in [6.07, 6.45) is 0.400. The van der Waals surface area contributed by atoms with Crippen LogP contribution in [0.2, 0.25) is 0 Å². The van der Waals surface area contributed by atoms with Crippen molar-refractivity contribution in [2.75, 3.05) is 18.9 Å². The number of anilines is 1. The number of nitrogens with two attached hydrogens (primary N) is 1. The van der Waals surface area contributed by atoms with Crippen molar-refractivity contribution in [3.63, 3.8) is 0 Å². The van der Waals surface area contributed by atoms with Gasteiger partial charge in [-0.15, -0.1) is 0 Å². The number of nitrogens with zero attached hydrogens (tertiary/aromatic N) is 2. The molecule has 2 aromatic heterocycles. The van der Waals surface area contributed by atoms with E-state index in [1.165, 1.54) is 13.3 Å². The molecule has 0 bridgehead atoms. The number of aliphatic hydroxyl groups excluding tert-OH is 2. The number of benzene rings is 2. The van der Waals surface area contributed by atoms with Gasteiger partial charge in [0.25, 0.3) is 0 Å². The molecule has 1 aliphatic heterocycles. The molecule has 5 rings (SSSR count). The van der Waals surface area contributed by atoms with E-state index in [-0.39, 0.29) is 30.2 Å². The van der Waals surface area contributed by atoms with Crippen LogP contribution in [-0.4, -0.2) is 68.6 Å². The SMILES string of the molecule is CC(NP(=O)(OCC1NC(c2c[nH]c3c(N)ncnc23)C(O)C1O)Oc1cccc2ccccc12)C(=O)OCC(C)(C)C. The van der Waals surface area contributed by atoms with Crippen molar-refractivity contribution in [3.05, 3.63) is 60.6 Å². The Kier molecular flexibility index (Phi) is 8.75. The maximum absolute atomic E-state index is 14.2. The standard InChI is InChI=1S/C29H37N6O7P/c1-16(28(38)40-14-29(2,3)4)35-43(39,42-21-11-7-9-17-8-5-6-10-18(17)21)41-13-20-25(36)26(37)23(34-20)19-12-31-24-22(19)32-15-33-27(24)30/h5-12,15-16,20,23,25-26,31,34,36-37H,13-14H2,1-4H3,(H,35,39)(H2,30,32,33). The molecule has 14 heteroatoms. The Bertz CT molecular complexity index is 1650. The van der Waals surface area contributed by atoms with Crippen molar-refractivity contribution in [2.45, 2.75) is 58.0 Å². The molecule has 1 fully saturated rings. The minimum atomic E-state index is -4.27. The summed E-state index contributed by atoms with van der Waals surface area (Å²) in [6.45, 7) is 7.10. The summed E-state index contributed by atoms with van der Waals surface area (Å²) in [4.78, 5) is 24.0. The molecule has 7 N–H and O–H groups in total. The van der Waals surface area contributed by atoms with Crippen molar-refractivity contribution in [1.29, 1.82) is 0 Å². The summed E-state index contributed by atoms with van der Waals surface area (Å²) in [5.41, 5.74) is 7.24. The Morgan fingerprint density at radius 2 is 1.88 bits per heavy atom. The van der Waals surface area contributed by atoms with Crippen LogP contribution in [0.25, 0.3) is 21.8 Å². The number of hydrogen-bond acceptors (Lipinski definition) is 11. The van der Waals surface area contributed by atoms with E-state index in [1.807, 2.05) is 51.1 Å². The summed E-state index contributed by atoms with van der Waals surface area (Å²) < 4.78 is 31.5. The van der Waals surface area contributed by atoms with E-state index >= 15 is 0 Å². The average molecular weight is 613 g/mol. The van der Waals surface area contributed by atoms with Gasteiger partial charge in [0.2, 0.25) is 0 Å². The van der Waals surface area contributed by atoms with Gasteiger partial charge in [0.1, 0.15) is 29.7 Å². The Balaban J connectivity index is 1.36. The van der Waals surface area contributed by atoms with Gasteiger partial charge in [-0.25, -0.2) is 14.5 Å². The summed E-state index contributed by atoms with van der Waals surface area (Å²) >= 11 is 0. The minimum Gasteiger partial charge on any atom is -0.464 e. The highest BCUT2D eigenvalue weighted by molar-refractivity contribution is 7.52. The zero-order valence-corrected chi connectivity index (χ0v) is 25.2. The fraction of sp³-hybridized carbons (Fsp3) is 0.414. The Hall–Kier alpha value is -3.58. The molecular weight excluding hydrogens is 575 g/mol. The third-order valence-electron chi connectivity index (χ3n) is 7.10. The second-order valence-electron chi connectivity index (χ2n) is 11.8. The molecule has 6 unspecified atom stereocenters. The van der Waals surface area contributed by atoms with Crippen LogP contribution in [0.4, 0.5) is 5.82 Å². The molecule has 0 saturated carbocycles. The van der Waals surface area contributed by atoms with E-state index in [2.05, 4.69) is 25.4 Å². The van der Waals surface area contributed by atoms with Crippen molar-refractivity contribution in [3.8, 4) is 5.75 Å². The highest BCUT2D eigenvalue weighted by Gasteiger charge is 2.44. The maximum atomic E-state index is 14.2. The fourth-order valence-corrected chi connectivity index (χ4v) is 6.41. The van der Waals surface area contributed by atoms with E-state index in [0.717, 1.165) is 5.39 Å². The monoisotopic (exact) mass is 612 g/mol. The van der Waals surface area contributed by atoms with Crippen LogP contribution >= 0.6 is 7.75 Å². The first-order valence-electron chi connectivity index (χ1n) is 13.9. The molecule has 0 radical (unpaired) electrons. The molecule has 6 atom stereocenters. The number of carbonyl (C=O) groups is 1. The van der Waals surface area contributed by atoms with E-state index in [4.69, 9.17) is 19.5 Å². The predicted octanol–water partition coefficient (Wildman–Crippen LogP) is 3.20. The van der Waals surface area contributed by atoms with Crippen LogP contribution in [0.1, 0.15) is 39.3 Å². The van der Waals surface area contributed by atoms with E-state index in [0.29, 0.717) is 22.0 Å². The van der Waals surface area contributed by atoms with Crippen LogP contribution in [0.3, 0.4) is 0 Å². The summed E-state index contributed by atoms with van der Waals surface area (Å²) in [5, 5.41) is 29.2. The van der Waals surface area contributed by atoms with Crippen LogP contribution in [0.15, 0.2) is 55.0 Å². The molecule has 1 aliphatic rings. The van der Waals surface area contributed by atoms with Gasteiger partial charge in [0, 0.05) is 17.1 Å². The second-order valence-corrected chi connectivity index (χ2v) is 13.5. The number of nitrogen functional groups attached to an aromatic ring is 1. The number of fused-ring (bicyclic) bond motifs is 2. The van der Waals surface area contributed by atoms with Crippen molar-refractivity contribution in [1.82, 2.24) is 25.4 Å². The topological polar surface area (TPSA) is 194 Å². The Morgan fingerprint density at radius 1 is 1.14 bits per heavy atom. The van der Waals surface area contributed by atoms with Crippen molar-refractivity contribution >= 4 is 41.3 Å². The first-order chi connectivity index (χ1) is 20.3. The number of H-pyrrole nitrogens is 1. The lowest BCUT2D eigenvalue weighted by Crippen LogP contribution is -2.40. The predicted molar refractivity (Wildman–Crippen MR) is 161 cm³/mol. The minimum absolute atomic E-state index is 0.162. The van der Waals surface area contributed by atoms with Crippen molar-refractivity contribution < 1.29 is 33.4 Å². The number of hydrogen-bond donors (Lipinski definition) is 6. The number of ether oxygens (including phenoxy) is 1. The molecule has 0 aliphatic carbocycles. The van der Waals surface area contributed by atoms with Crippen LogP contribution in [0.5, 0.6) is 5.75 Å². The Labute approximate surface area is 248 Å². The molecular formula is C29H37N6O7P. The molecule has 230 valence electrons. The van der Waals surface area contributed by atoms with Gasteiger partial charge in [0.05, 0.1) is 36.9 Å². The molecule has 13 nitrogen and oxygen atoms in total. The number of aromatic amines is 1. The lowest BCUT2D eigenvalue weighted by molar-refractivity contribution is -0.148. The summed E-state index contributed by atoms with van der Waals surface area (Å²) in [7, 11) is -4.27. The summed E-state index contributed by atoms with van der Waals surface area (Å²) in [5.74, 6) is -0.106. The van der Waals surface area contributed by atoms with Crippen LogP contribution in [0, 0.1) is 5.41 Å². The second kappa shape index (κ2) is 12.2. The fourth-order valence-electron chi connectivity index (χ4n) is 4.87. The Morgan fingerprint density at radius 3 is 2.65 bits per heavy atom. The highest BCUT2D eigenvalue weighted by Crippen LogP contribution is 2.47. The van der Waals surface area contributed by atoms with Gasteiger partial charge in [-0.3, -0.25) is 9.32 Å². The van der Waals surface area contributed by atoms with Crippen LogP contribution in [-0.2, 0) is 18.6 Å². The first kappa shape index (κ1) is 30.9. The van der Waals surface area contributed by atoms with E-state index < -0.39 is 44.0 Å². The first-order valence-corrected chi connectivity index (χ1v) is 15.5. The van der Waals surface area contributed by atoms with E-state index in [9.17, 15) is 19.6 Å². The molecule has 43 heavy (non-hydrogen) atoms. The number of esters is 1. The molecule has 0 spiro atoms. The van der Waals surface area contributed by atoms with Gasteiger partial charge in [0.15, 0.2) is 5.82 Å². The number of aromatic nitrogens is 3. The zero-order chi connectivity index (χ0) is 30.9. The van der Waals surface area contributed by atoms with Crippen molar-refractivity contribution in [2.24, 2.45) is 5.41 Å². The molecule has 4 aromatic rings. The molecule has 2 aromatic carbocycles. The zero-order valence-electron chi connectivity index (χ0n) is 24.4. The number of aliphatic hydroxyl groups is 2.